The van der Waals surface area contributed by atoms with Crippen molar-refractivity contribution in [3.05, 3.63) is 28.8 Å². The Morgan fingerprint density at radius 1 is 1.47 bits per heavy atom. The number of ether oxygens (including phenoxy) is 1. The molecule has 2 N–H and O–H groups in total. The second-order valence-corrected chi connectivity index (χ2v) is 7.80. The van der Waals surface area contributed by atoms with Crippen molar-refractivity contribution in [1.82, 2.24) is 0 Å². The minimum atomic E-state index is -2.97. The van der Waals surface area contributed by atoms with E-state index in [1.54, 1.807) is 19.2 Å². The van der Waals surface area contributed by atoms with Gasteiger partial charge in [-0.1, -0.05) is 11.6 Å². The largest absolute Gasteiger partial charge is 0.496 e. The number of benzene rings is 1. The monoisotopic (exact) mass is 303 g/mol. The highest BCUT2D eigenvalue weighted by Crippen LogP contribution is 2.37. The molecule has 0 amide bonds. The number of methoxy groups -OCH3 is 1. The highest BCUT2D eigenvalue weighted by atomic mass is 35.5. The van der Waals surface area contributed by atoms with Crippen molar-refractivity contribution >= 4 is 21.4 Å². The van der Waals surface area contributed by atoms with Crippen LogP contribution in [0.5, 0.6) is 5.75 Å². The van der Waals surface area contributed by atoms with Crippen LogP contribution in [0.4, 0.5) is 0 Å². The number of hydrogen-bond donors (Lipinski definition) is 1. The van der Waals surface area contributed by atoms with Crippen molar-refractivity contribution in [3.8, 4) is 5.75 Å². The van der Waals surface area contributed by atoms with Crippen LogP contribution in [0.3, 0.4) is 0 Å². The lowest BCUT2D eigenvalue weighted by atomic mass is 9.81. The zero-order valence-corrected chi connectivity index (χ0v) is 12.4. The highest BCUT2D eigenvalue weighted by molar-refractivity contribution is 7.91. The third kappa shape index (κ3) is 3.22. The van der Waals surface area contributed by atoms with E-state index in [1.165, 1.54) is 0 Å². The van der Waals surface area contributed by atoms with Gasteiger partial charge in [-0.3, -0.25) is 0 Å². The van der Waals surface area contributed by atoms with E-state index >= 15 is 0 Å². The summed E-state index contributed by atoms with van der Waals surface area (Å²) in [7, 11) is -1.38. The maximum atomic E-state index is 11.7. The van der Waals surface area contributed by atoms with Gasteiger partial charge in [0.25, 0.3) is 0 Å². The van der Waals surface area contributed by atoms with E-state index in [2.05, 4.69) is 0 Å². The fourth-order valence-electron chi connectivity index (χ4n) is 2.64. The molecule has 19 heavy (non-hydrogen) atoms. The van der Waals surface area contributed by atoms with Crippen LogP contribution in [0.2, 0.25) is 5.02 Å². The predicted octanol–water partition coefficient (Wildman–Crippen LogP) is 1.65. The maximum Gasteiger partial charge on any atom is 0.150 e. The summed E-state index contributed by atoms with van der Waals surface area (Å²) in [5.41, 5.74) is 6.35. The summed E-state index contributed by atoms with van der Waals surface area (Å²) in [5, 5.41) is 0.615. The van der Waals surface area contributed by atoms with Gasteiger partial charge in [-0.15, -0.1) is 0 Å². The Balaban J connectivity index is 2.31. The van der Waals surface area contributed by atoms with Crippen molar-refractivity contribution in [2.24, 2.45) is 11.1 Å². The maximum absolute atomic E-state index is 11.7. The summed E-state index contributed by atoms with van der Waals surface area (Å²) in [6.45, 7) is 0.349. The molecule has 1 aromatic carbocycles. The standard InChI is InChI=1S/C13H18ClNO3S/c1-18-12-3-2-11(14)6-10(12)7-13(8-15)4-5-19(16,17)9-13/h2-3,6H,4-5,7-9,15H2,1H3. The molecule has 0 aliphatic carbocycles. The first-order valence-electron chi connectivity index (χ1n) is 6.13. The minimum Gasteiger partial charge on any atom is -0.496 e. The summed E-state index contributed by atoms with van der Waals surface area (Å²) in [4.78, 5) is 0. The Morgan fingerprint density at radius 2 is 2.21 bits per heavy atom. The molecule has 1 aliphatic heterocycles. The highest BCUT2D eigenvalue weighted by Gasteiger charge is 2.41. The van der Waals surface area contributed by atoms with Crippen LogP contribution >= 0.6 is 11.6 Å². The summed E-state index contributed by atoms with van der Waals surface area (Å²) >= 11 is 6.00. The molecular weight excluding hydrogens is 286 g/mol. The third-order valence-electron chi connectivity index (χ3n) is 3.71. The molecule has 6 heteroatoms. The van der Waals surface area contributed by atoms with Gasteiger partial charge in [-0.05, 0) is 43.1 Å². The Morgan fingerprint density at radius 3 is 2.74 bits per heavy atom. The molecule has 0 saturated carbocycles. The van der Waals surface area contributed by atoms with Crippen LogP contribution in [0.25, 0.3) is 0 Å². The predicted molar refractivity (Wildman–Crippen MR) is 76.5 cm³/mol. The molecule has 1 fully saturated rings. The molecule has 1 saturated heterocycles. The SMILES string of the molecule is COc1ccc(Cl)cc1CC1(CN)CCS(=O)(=O)C1. The molecule has 1 unspecified atom stereocenters. The summed E-state index contributed by atoms with van der Waals surface area (Å²) < 4.78 is 28.7. The van der Waals surface area contributed by atoms with Crippen LogP contribution in [0.15, 0.2) is 18.2 Å². The molecule has 1 aliphatic rings. The molecule has 0 radical (unpaired) electrons. The van der Waals surface area contributed by atoms with E-state index in [0.29, 0.717) is 24.4 Å². The Bertz CT molecular complexity index is 573. The molecule has 1 atom stereocenters. The van der Waals surface area contributed by atoms with E-state index in [9.17, 15) is 8.42 Å². The lowest BCUT2D eigenvalue weighted by Gasteiger charge is -2.26. The molecule has 1 heterocycles. The van der Waals surface area contributed by atoms with Crippen molar-refractivity contribution < 1.29 is 13.2 Å². The Kier molecular flexibility index (Phi) is 4.08. The van der Waals surface area contributed by atoms with Crippen LogP contribution in [0.1, 0.15) is 12.0 Å². The molecule has 0 spiro atoms. The van der Waals surface area contributed by atoms with Gasteiger partial charge in [0.15, 0.2) is 9.84 Å². The zero-order valence-electron chi connectivity index (χ0n) is 10.9. The summed E-state index contributed by atoms with van der Waals surface area (Å²) in [6, 6.07) is 5.37. The van der Waals surface area contributed by atoms with Gasteiger partial charge < -0.3 is 10.5 Å². The van der Waals surface area contributed by atoms with Gasteiger partial charge in [0.2, 0.25) is 0 Å². The van der Waals surface area contributed by atoms with Gasteiger partial charge in [0, 0.05) is 10.4 Å². The Labute approximate surface area is 118 Å². The number of halogens is 1. The van der Waals surface area contributed by atoms with Gasteiger partial charge >= 0.3 is 0 Å². The van der Waals surface area contributed by atoms with Crippen molar-refractivity contribution in [3.63, 3.8) is 0 Å². The normalized spacial score (nSPS) is 25.4. The fraction of sp³-hybridized carbons (Fsp3) is 0.538. The van der Waals surface area contributed by atoms with Gasteiger partial charge in [-0.25, -0.2) is 8.42 Å². The second kappa shape index (κ2) is 5.31. The molecule has 106 valence electrons. The Hall–Kier alpha value is -0.780. The van der Waals surface area contributed by atoms with Crippen molar-refractivity contribution in [2.45, 2.75) is 12.8 Å². The van der Waals surface area contributed by atoms with Gasteiger partial charge in [0.1, 0.15) is 5.75 Å². The average Bonchev–Trinajstić information content (AvgIpc) is 2.66. The minimum absolute atomic E-state index is 0.145. The number of nitrogens with two attached hydrogens (primary N) is 1. The molecule has 2 rings (SSSR count). The molecule has 0 bridgehead atoms. The lowest BCUT2D eigenvalue weighted by molar-refractivity contribution is 0.334. The van der Waals surface area contributed by atoms with E-state index in [-0.39, 0.29) is 11.5 Å². The van der Waals surface area contributed by atoms with Crippen LogP contribution in [-0.2, 0) is 16.3 Å². The van der Waals surface area contributed by atoms with Crippen LogP contribution in [-0.4, -0.2) is 33.6 Å². The second-order valence-electron chi connectivity index (χ2n) is 5.18. The number of rotatable bonds is 4. The number of hydrogen-bond acceptors (Lipinski definition) is 4. The van der Waals surface area contributed by atoms with E-state index in [0.717, 1.165) is 11.3 Å². The lowest BCUT2D eigenvalue weighted by Crippen LogP contribution is -2.34. The van der Waals surface area contributed by atoms with E-state index in [1.807, 2.05) is 6.07 Å². The third-order valence-corrected chi connectivity index (χ3v) is 5.82. The zero-order chi connectivity index (χ0) is 14.1. The number of sulfone groups is 1. The van der Waals surface area contributed by atoms with E-state index < -0.39 is 15.3 Å². The molecular formula is C13H18ClNO3S. The fourth-order valence-corrected chi connectivity index (χ4v) is 5.03. The summed E-state index contributed by atoms with van der Waals surface area (Å²) in [5.74, 6) is 1.08. The average molecular weight is 304 g/mol. The first-order chi connectivity index (χ1) is 8.90. The van der Waals surface area contributed by atoms with Crippen molar-refractivity contribution in [2.75, 3.05) is 25.2 Å². The summed E-state index contributed by atoms with van der Waals surface area (Å²) in [6.07, 6.45) is 1.17. The molecule has 1 aromatic rings. The van der Waals surface area contributed by atoms with Crippen LogP contribution in [0, 0.1) is 5.41 Å². The quantitative estimate of drug-likeness (QED) is 0.918. The topological polar surface area (TPSA) is 69.4 Å². The first kappa shape index (κ1) is 14.6. The van der Waals surface area contributed by atoms with Crippen molar-refractivity contribution in [1.29, 1.82) is 0 Å². The van der Waals surface area contributed by atoms with Gasteiger partial charge in [-0.2, -0.15) is 0 Å². The van der Waals surface area contributed by atoms with Crippen LogP contribution < -0.4 is 10.5 Å². The molecule has 4 nitrogen and oxygen atoms in total. The smallest absolute Gasteiger partial charge is 0.150 e. The van der Waals surface area contributed by atoms with Gasteiger partial charge in [0.05, 0.1) is 18.6 Å². The molecule has 0 aromatic heterocycles. The van der Waals surface area contributed by atoms with E-state index in [4.69, 9.17) is 22.1 Å². The first-order valence-corrected chi connectivity index (χ1v) is 8.33.